The fourth-order valence-corrected chi connectivity index (χ4v) is 4.58. The molecule has 3 aromatic carbocycles. The lowest BCUT2D eigenvalue weighted by atomic mass is 10.1. The molecule has 0 aliphatic carbocycles. The number of anilines is 1. The third-order valence-corrected chi connectivity index (χ3v) is 6.86. The van der Waals surface area contributed by atoms with E-state index in [2.05, 4.69) is 5.32 Å². The zero-order chi connectivity index (χ0) is 26.4. The Labute approximate surface area is 224 Å². The molecule has 0 aromatic heterocycles. The number of amides is 3. The molecule has 1 heterocycles. The van der Waals surface area contributed by atoms with Gasteiger partial charge in [-0.15, -0.1) is 0 Å². The average Bonchev–Trinajstić information content (AvgIpc) is 3.14. The number of nitrogens with one attached hydrogen (secondary N) is 1. The Kier molecular flexibility index (Phi) is 8.53. The Balaban J connectivity index is 1.37. The molecule has 7 nitrogen and oxygen atoms in total. The summed E-state index contributed by atoms with van der Waals surface area (Å²) < 4.78 is 11.4. The third-order valence-electron chi connectivity index (χ3n) is 5.64. The molecule has 0 atom stereocenters. The summed E-state index contributed by atoms with van der Waals surface area (Å²) in [4.78, 5) is 39.2. The van der Waals surface area contributed by atoms with Crippen molar-refractivity contribution in [2.24, 2.45) is 0 Å². The minimum absolute atomic E-state index is 0.0873. The van der Waals surface area contributed by atoms with Crippen LogP contribution in [0.2, 0.25) is 5.02 Å². The summed E-state index contributed by atoms with van der Waals surface area (Å²) in [6.45, 7) is 3.97. The van der Waals surface area contributed by atoms with Gasteiger partial charge in [-0.2, -0.15) is 0 Å². The SMILES string of the molecule is Cc1ccc(NC(=O)COc2ccccc2/C=C2\SC(=O)N(CCOc3ccccc3Cl)C2=O)cc1C. The van der Waals surface area contributed by atoms with E-state index in [1.54, 1.807) is 54.6 Å². The molecule has 1 fully saturated rings. The highest BCUT2D eigenvalue weighted by molar-refractivity contribution is 8.18. The summed E-state index contributed by atoms with van der Waals surface area (Å²) in [5.41, 5.74) is 3.49. The Morgan fingerprint density at radius 2 is 1.70 bits per heavy atom. The average molecular weight is 537 g/mol. The molecule has 1 aliphatic rings. The van der Waals surface area contributed by atoms with Gasteiger partial charge in [0.05, 0.1) is 16.5 Å². The van der Waals surface area contributed by atoms with E-state index in [-0.39, 0.29) is 35.8 Å². The standard InChI is InChI=1S/C28H25ClN2O5S/c1-18-11-12-21(15-19(18)2)30-26(32)17-36-23-9-5-3-7-20(23)16-25-27(33)31(28(34)37-25)13-14-35-24-10-6-4-8-22(24)29/h3-12,15-16H,13-14,17H2,1-2H3,(H,30,32)/b25-16-. The van der Waals surface area contributed by atoms with Gasteiger partial charge in [0.25, 0.3) is 17.1 Å². The van der Waals surface area contributed by atoms with Gasteiger partial charge in [0.15, 0.2) is 6.61 Å². The van der Waals surface area contributed by atoms with Gasteiger partial charge in [-0.3, -0.25) is 19.3 Å². The number of carbonyl (C=O) groups excluding carboxylic acids is 3. The molecule has 0 saturated carbocycles. The van der Waals surface area contributed by atoms with E-state index < -0.39 is 5.91 Å². The largest absolute Gasteiger partial charge is 0.490 e. The van der Waals surface area contributed by atoms with Crippen LogP contribution in [0.4, 0.5) is 10.5 Å². The zero-order valence-corrected chi connectivity index (χ0v) is 21.9. The highest BCUT2D eigenvalue weighted by Gasteiger charge is 2.35. The molecular formula is C28H25ClN2O5S. The Morgan fingerprint density at radius 1 is 0.973 bits per heavy atom. The second kappa shape index (κ2) is 12.0. The van der Waals surface area contributed by atoms with Crippen LogP contribution in [0.1, 0.15) is 16.7 Å². The lowest BCUT2D eigenvalue weighted by Gasteiger charge is -2.14. The summed E-state index contributed by atoms with van der Waals surface area (Å²) in [6.07, 6.45) is 1.59. The first-order valence-corrected chi connectivity index (χ1v) is 12.7. The van der Waals surface area contributed by atoms with Crippen LogP contribution in [-0.2, 0) is 9.59 Å². The van der Waals surface area contributed by atoms with Crippen LogP contribution >= 0.6 is 23.4 Å². The quantitative estimate of drug-likeness (QED) is 0.333. The number of thioether (sulfide) groups is 1. The molecule has 0 unspecified atom stereocenters. The molecule has 9 heteroatoms. The van der Waals surface area contributed by atoms with Gasteiger partial charge >= 0.3 is 0 Å². The lowest BCUT2D eigenvalue weighted by Crippen LogP contribution is -2.32. The van der Waals surface area contributed by atoms with Gasteiger partial charge in [0, 0.05) is 11.3 Å². The monoisotopic (exact) mass is 536 g/mol. The Bertz CT molecular complexity index is 1370. The summed E-state index contributed by atoms with van der Waals surface area (Å²) in [6, 6.07) is 19.7. The van der Waals surface area contributed by atoms with Crippen molar-refractivity contribution in [1.29, 1.82) is 0 Å². The van der Waals surface area contributed by atoms with Crippen LogP contribution < -0.4 is 14.8 Å². The van der Waals surface area contributed by atoms with E-state index in [0.717, 1.165) is 27.8 Å². The number of rotatable bonds is 9. The van der Waals surface area contributed by atoms with Gasteiger partial charge in [-0.25, -0.2) is 0 Å². The van der Waals surface area contributed by atoms with Crippen LogP contribution in [0.15, 0.2) is 71.6 Å². The number of nitrogens with zero attached hydrogens (tertiary/aromatic N) is 1. The number of aryl methyl sites for hydroxylation is 2. The predicted molar refractivity (Wildman–Crippen MR) is 146 cm³/mol. The van der Waals surface area contributed by atoms with Crippen LogP contribution in [0, 0.1) is 13.8 Å². The molecule has 1 aliphatic heterocycles. The van der Waals surface area contributed by atoms with E-state index in [4.69, 9.17) is 21.1 Å². The summed E-state index contributed by atoms with van der Waals surface area (Å²) in [7, 11) is 0. The maximum absolute atomic E-state index is 12.9. The number of para-hydroxylation sites is 2. The molecular weight excluding hydrogens is 512 g/mol. The Hall–Kier alpha value is -3.75. The van der Waals surface area contributed by atoms with Crippen LogP contribution in [0.3, 0.4) is 0 Å². The minimum atomic E-state index is -0.417. The molecule has 0 radical (unpaired) electrons. The highest BCUT2D eigenvalue weighted by atomic mass is 35.5. The maximum Gasteiger partial charge on any atom is 0.293 e. The number of halogens is 1. The molecule has 37 heavy (non-hydrogen) atoms. The van der Waals surface area contributed by atoms with Gasteiger partial charge in [0.1, 0.15) is 18.1 Å². The van der Waals surface area contributed by atoms with Crippen molar-refractivity contribution in [1.82, 2.24) is 4.90 Å². The van der Waals surface area contributed by atoms with Crippen LogP contribution in [0.5, 0.6) is 11.5 Å². The molecule has 1 N–H and O–H groups in total. The first kappa shape index (κ1) is 26.3. The van der Waals surface area contributed by atoms with E-state index >= 15 is 0 Å². The first-order valence-electron chi connectivity index (χ1n) is 11.5. The van der Waals surface area contributed by atoms with Crippen molar-refractivity contribution in [3.05, 3.63) is 93.3 Å². The molecule has 0 spiro atoms. The Morgan fingerprint density at radius 3 is 2.46 bits per heavy atom. The van der Waals surface area contributed by atoms with Crippen molar-refractivity contribution in [2.75, 3.05) is 25.1 Å². The molecule has 0 bridgehead atoms. The second-order valence-corrected chi connectivity index (χ2v) is 9.69. The molecule has 190 valence electrons. The van der Waals surface area contributed by atoms with Gasteiger partial charge in [-0.05, 0) is 73.1 Å². The number of benzene rings is 3. The molecule has 3 aromatic rings. The van der Waals surface area contributed by atoms with Gasteiger partial charge in [-0.1, -0.05) is 48.0 Å². The van der Waals surface area contributed by atoms with Crippen molar-refractivity contribution in [3.8, 4) is 11.5 Å². The molecule has 3 amide bonds. The number of hydrogen-bond acceptors (Lipinski definition) is 6. The van der Waals surface area contributed by atoms with Crippen molar-refractivity contribution < 1.29 is 23.9 Å². The van der Waals surface area contributed by atoms with Crippen LogP contribution in [0.25, 0.3) is 6.08 Å². The van der Waals surface area contributed by atoms with E-state index in [1.165, 1.54) is 0 Å². The normalized spacial score (nSPS) is 14.2. The summed E-state index contributed by atoms with van der Waals surface area (Å²) >= 11 is 6.93. The summed E-state index contributed by atoms with van der Waals surface area (Å²) in [5, 5.41) is 2.89. The highest BCUT2D eigenvalue weighted by Crippen LogP contribution is 2.34. The third kappa shape index (κ3) is 6.72. The number of carbonyl (C=O) groups is 3. The minimum Gasteiger partial charge on any atom is -0.490 e. The van der Waals surface area contributed by atoms with Crippen molar-refractivity contribution in [3.63, 3.8) is 0 Å². The summed E-state index contributed by atoms with van der Waals surface area (Å²) in [5.74, 6) is 0.183. The van der Waals surface area contributed by atoms with Crippen LogP contribution in [-0.4, -0.2) is 41.7 Å². The zero-order valence-electron chi connectivity index (χ0n) is 20.3. The fourth-order valence-electron chi connectivity index (χ4n) is 3.53. The van der Waals surface area contributed by atoms with Gasteiger partial charge in [0.2, 0.25) is 0 Å². The molecule has 4 rings (SSSR count). The maximum atomic E-state index is 12.9. The van der Waals surface area contributed by atoms with E-state index in [1.807, 2.05) is 32.0 Å². The topological polar surface area (TPSA) is 84.9 Å². The molecule has 1 saturated heterocycles. The smallest absolute Gasteiger partial charge is 0.293 e. The lowest BCUT2D eigenvalue weighted by molar-refractivity contribution is -0.123. The first-order chi connectivity index (χ1) is 17.8. The van der Waals surface area contributed by atoms with E-state index in [0.29, 0.717) is 27.8 Å². The second-order valence-electron chi connectivity index (χ2n) is 8.29. The van der Waals surface area contributed by atoms with Crippen molar-refractivity contribution >= 4 is 52.2 Å². The number of ether oxygens (including phenoxy) is 2. The number of hydrogen-bond donors (Lipinski definition) is 1. The van der Waals surface area contributed by atoms with E-state index in [9.17, 15) is 14.4 Å². The number of imide groups is 1. The van der Waals surface area contributed by atoms with Gasteiger partial charge < -0.3 is 14.8 Å². The van der Waals surface area contributed by atoms with Crippen molar-refractivity contribution in [2.45, 2.75) is 13.8 Å². The fraction of sp³-hybridized carbons (Fsp3) is 0.179. The predicted octanol–water partition coefficient (Wildman–Crippen LogP) is 6.09.